The van der Waals surface area contributed by atoms with Gasteiger partial charge >= 0.3 is 0 Å². The van der Waals surface area contributed by atoms with Crippen LogP contribution < -0.4 is 0 Å². The molecule has 1 aliphatic rings. The van der Waals surface area contributed by atoms with E-state index >= 15 is 0 Å². The minimum atomic E-state index is 0.278. The molecule has 1 atom stereocenters. The average Bonchev–Trinajstić information content (AvgIpc) is 2.81. The number of halogens is 1. The fraction of sp³-hybridized carbons (Fsp3) is 0.182. The summed E-state index contributed by atoms with van der Waals surface area (Å²) in [4.78, 5) is 0. The Bertz CT molecular complexity index is 898. The van der Waals surface area contributed by atoms with Crippen molar-refractivity contribution in [3.05, 3.63) is 93.0 Å². The average molecular weight is 319 g/mol. The third kappa shape index (κ3) is 2.21. The fourth-order valence-electron chi connectivity index (χ4n) is 4.14. The molecule has 1 aliphatic carbocycles. The smallest absolute Gasteiger partial charge is 0.0409 e. The van der Waals surface area contributed by atoms with E-state index < -0.39 is 0 Å². The normalized spacial score (nSPS) is 15.4. The number of aryl methyl sites for hydroxylation is 3. The summed E-state index contributed by atoms with van der Waals surface area (Å²) >= 11 is 6.32. The summed E-state index contributed by atoms with van der Waals surface area (Å²) < 4.78 is 0. The van der Waals surface area contributed by atoms with E-state index in [2.05, 4.69) is 69.3 Å². The van der Waals surface area contributed by atoms with E-state index in [4.69, 9.17) is 11.6 Å². The molecule has 3 aromatic rings. The van der Waals surface area contributed by atoms with E-state index in [-0.39, 0.29) is 5.92 Å². The van der Waals surface area contributed by atoms with Gasteiger partial charge in [0.25, 0.3) is 0 Å². The Balaban J connectivity index is 2.05. The second kappa shape index (κ2) is 5.25. The molecule has 0 nitrogen and oxygen atoms in total. The lowest BCUT2D eigenvalue weighted by molar-refractivity contribution is 0.976. The minimum Gasteiger partial charge on any atom is -0.0843 e. The second-order valence-corrected chi connectivity index (χ2v) is 7.00. The van der Waals surface area contributed by atoms with Gasteiger partial charge in [-0.3, -0.25) is 0 Å². The molecule has 0 amide bonds. The number of benzene rings is 3. The Kier molecular flexibility index (Phi) is 3.32. The Hall–Kier alpha value is -2.05. The van der Waals surface area contributed by atoms with E-state index in [9.17, 15) is 0 Å². The van der Waals surface area contributed by atoms with E-state index in [1.54, 1.807) is 0 Å². The monoisotopic (exact) mass is 318 g/mol. The Morgan fingerprint density at radius 3 is 2.13 bits per heavy atom. The van der Waals surface area contributed by atoms with E-state index in [1.807, 2.05) is 6.07 Å². The predicted molar refractivity (Wildman–Crippen MR) is 98.5 cm³/mol. The van der Waals surface area contributed by atoms with Crippen LogP contribution in [0, 0.1) is 20.8 Å². The topological polar surface area (TPSA) is 0 Å². The SMILES string of the molecule is Cc1cc(C)c(C2c3ccccc3-c3ccc(Cl)cc32)c(C)c1. The lowest BCUT2D eigenvalue weighted by Crippen LogP contribution is -2.05. The maximum Gasteiger partial charge on any atom is 0.0409 e. The molecule has 23 heavy (non-hydrogen) atoms. The van der Waals surface area contributed by atoms with Gasteiger partial charge in [0, 0.05) is 10.9 Å². The lowest BCUT2D eigenvalue weighted by atomic mass is 9.83. The van der Waals surface area contributed by atoms with Crippen LogP contribution in [0.15, 0.2) is 54.6 Å². The minimum absolute atomic E-state index is 0.278. The predicted octanol–water partition coefficient (Wildman–Crippen LogP) is 6.43. The lowest BCUT2D eigenvalue weighted by Gasteiger charge is -2.20. The van der Waals surface area contributed by atoms with Gasteiger partial charge in [-0.1, -0.05) is 59.6 Å². The molecule has 1 unspecified atom stereocenters. The quantitative estimate of drug-likeness (QED) is 0.379. The van der Waals surface area contributed by atoms with Crippen molar-refractivity contribution < 1.29 is 0 Å². The van der Waals surface area contributed by atoms with Gasteiger partial charge in [0.05, 0.1) is 0 Å². The first-order valence-corrected chi connectivity index (χ1v) is 8.40. The van der Waals surface area contributed by atoms with Crippen LogP contribution in [0.4, 0.5) is 0 Å². The first-order chi connectivity index (χ1) is 11.1. The highest BCUT2D eigenvalue weighted by Gasteiger charge is 2.31. The van der Waals surface area contributed by atoms with Gasteiger partial charge in [0.1, 0.15) is 0 Å². The summed E-state index contributed by atoms with van der Waals surface area (Å²) in [7, 11) is 0. The molecule has 0 heterocycles. The number of fused-ring (bicyclic) bond motifs is 3. The number of hydrogen-bond donors (Lipinski definition) is 0. The molecular formula is C22H19Cl. The maximum atomic E-state index is 6.32. The third-order valence-electron chi connectivity index (χ3n) is 4.91. The highest BCUT2D eigenvalue weighted by molar-refractivity contribution is 6.30. The molecule has 4 rings (SSSR count). The largest absolute Gasteiger partial charge is 0.0843 e. The molecule has 0 N–H and O–H groups in total. The molecule has 0 saturated carbocycles. The van der Waals surface area contributed by atoms with Crippen molar-refractivity contribution in [2.24, 2.45) is 0 Å². The summed E-state index contributed by atoms with van der Waals surface area (Å²) in [6.45, 7) is 6.61. The molecule has 0 radical (unpaired) electrons. The maximum absolute atomic E-state index is 6.32. The van der Waals surface area contributed by atoms with Crippen molar-refractivity contribution in [1.29, 1.82) is 0 Å². The van der Waals surface area contributed by atoms with Crippen LogP contribution in [0.2, 0.25) is 5.02 Å². The third-order valence-corrected chi connectivity index (χ3v) is 5.15. The van der Waals surface area contributed by atoms with Crippen LogP contribution in [0.3, 0.4) is 0 Å². The number of hydrogen-bond acceptors (Lipinski definition) is 0. The number of rotatable bonds is 1. The van der Waals surface area contributed by atoms with Gasteiger partial charge in [-0.05, 0) is 71.8 Å². The highest BCUT2D eigenvalue weighted by Crippen LogP contribution is 2.50. The van der Waals surface area contributed by atoms with E-state index in [0.29, 0.717) is 0 Å². The zero-order chi connectivity index (χ0) is 16.1. The summed E-state index contributed by atoms with van der Waals surface area (Å²) in [5.74, 6) is 0.278. The molecule has 3 aromatic carbocycles. The van der Waals surface area contributed by atoms with E-state index in [1.165, 1.54) is 44.5 Å². The van der Waals surface area contributed by atoms with Crippen molar-refractivity contribution in [3.8, 4) is 11.1 Å². The molecule has 114 valence electrons. The van der Waals surface area contributed by atoms with Gasteiger partial charge in [-0.2, -0.15) is 0 Å². The molecular weight excluding hydrogens is 300 g/mol. The van der Waals surface area contributed by atoms with Crippen LogP contribution in [-0.4, -0.2) is 0 Å². The van der Waals surface area contributed by atoms with Gasteiger partial charge < -0.3 is 0 Å². The molecule has 0 aliphatic heterocycles. The van der Waals surface area contributed by atoms with Crippen LogP contribution >= 0.6 is 11.6 Å². The molecule has 1 heteroatoms. The van der Waals surface area contributed by atoms with Crippen LogP contribution in [0.5, 0.6) is 0 Å². The summed E-state index contributed by atoms with van der Waals surface area (Å²) in [5.41, 5.74) is 10.8. The summed E-state index contributed by atoms with van der Waals surface area (Å²) in [6, 6.07) is 19.6. The van der Waals surface area contributed by atoms with Crippen molar-refractivity contribution in [3.63, 3.8) is 0 Å². The molecule has 0 saturated heterocycles. The Morgan fingerprint density at radius 1 is 0.739 bits per heavy atom. The molecule has 0 aromatic heterocycles. The van der Waals surface area contributed by atoms with Gasteiger partial charge in [0.2, 0.25) is 0 Å². The zero-order valence-electron chi connectivity index (χ0n) is 13.7. The standard InChI is InChI=1S/C22H19Cl/c1-13-10-14(2)21(15(3)11-13)22-19-7-5-4-6-17(19)18-9-8-16(23)12-20(18)22/h4-12,22H,1-3H3. The molecule has 0 spiro atoms. The summed E-state index contributed by atoms with van der Waals surface area (Å²) in [6.07, 6.45) is 0. The Labute approximate surface area is 142 Å². The molecule has 0 bridgehead atoms. The van der Waals surface area contributed by atoms with Crippen molar-refractivity contribution >= 4 is 11.6 Å². The van der Waals surface area contributed by atoms with Gasteiger partial charge in [-0.25, -0.2) is 0 Å². The van der Waals surface area contributed by atoms with Crippen molar-refractivity contribution in [2.75, 3.05) is 0 Å². The Morgan fingerprint density at radius 2 is 1.39 bits per heavy atom. The second-order valence-electron chi connectivity index (χ2n) is 6.56. The molecule has 0 fully saturated rings. The van der Waals surface area contributed by atoms with Crippen molar-refractivity contribution in [2.45, 2.75) is 26.7 Å². The van der Waals surface area contributed by atoms with E-state index in [0.717, 1.165) is 5.02 Å². The van der Waals surface area contributed by atoms with Gasteiger partial charge in [-0.15, -0.1) is 0 Å². The summed E-state index contributed by atoms with van der Waals surface area (Å²) in [5, 5.41) is 0.809. The highest BCUT2D eigenvalue weighted by atomic mass is 35.5. The van der Waals surface area contributed by atoms with Gasteiger partial charge in [0.15, 0.2) is 0 Å². The zero-order valence-corrected chi connectivity index (χ0v) is 14.4. The first-order valence-electron chi connectivity index (χ1n) is 8.03. The first kappa shape index (κ1) is 14.5. The van der Waals surface area contributed by atoms with Crippen LogP contribution in [-0.2, 0) is 0 Å². The van der Waals surface area contributed by atoms with Crippen LogP contribution in [0.1, 0.15) is 39.3 Å². The van der Waals surface area contributed by atoms with Crippen molar-refractivity contribution in [1.82, 2.24) is 0 Å². The fourth-order valence-corrected chi connectivity index (χ4v) is 4.32. The van der Waals surface area contributed by atoms with Crippen LogP contribution in [0.25, 0.3) is 11.1 Å².